The van der Waals surface area contributed by atoms with Gasteiger partial charge in [0.15, 0.2) is 0 Å². The van der Waals surface area contributed by atoms with Crippen molar-refractivity contribution in [1.29, 1.82) is 0 Å². The van der Waals surface area contributed by atoms with Gasteiger partial charge in [-0.15, -0.1) is 0 Å². The summed E-state index contributed by atoms with van der Waals surface area (Å²) >= 11 is 0. The van der Waals surface area contributed by atoms with Crippen molar-refractivity contribution >= 4 is 11.8 Å². The Kier molecular flexibility index (Phi) is 4.10. The number of piperidine rings is 1. The number of aromatic nitrogens is 1. The number of fused-ring (bicyclic) bond motifs is 1. The zero-order valence-electron chi connectivity index (χ0n) is 12.5. The van der Waals surface area contributed by atoms with Crippen molar-refractivity contribution in [3.8, 4) is 0 Å². The van der Waals surface area contributed by atoms with Gasteiger partial charge in [-0.1, -0.05) is 0 Å². The van der Waals surface area contributed by atoms with E-state index >= 15 is 0 Å². The molecule has 5 nitrogen and oxygen atoms in total. The van der Waals surface area contributed by atoms with Crippen LogP contribution in [0, 0.1) is 0 Å². The molecule has 1 aromatic heterocycles. The second-order valence-electron chi connectivity index (χ2n) is 5.92. The molecule has 0 aromatic carbocycles. The summed E-state index contributed by atoms with van der Waals surface area (Å²) in [5.74, 6) is -0.254. The summed E-state index contributed by atoms with van der Waals surface area (Å²) in [4.78, 5) is 18.4. The number of carbonyl (C=O) groups is 1. The van der Waals surface area contributed by atoms with Gasteiger partial charge in [-0.05, 0) is 50.2 Å². The van der Waals surface area contributed by atoms with Gasteiger partial charge in [0.05, 0.1) is 6.10 Å². The van der Waals surface area contributed by atoms with E-state index in [0.29, 0.717) is 11.4 Å². The summed E-state index contributed by atoms with van der Waals surface area (Å²) in [6.07, 6.45) is 6.39. The molecule has 2 heterocycles. The number of carboxylic acids is 1. The number of rotatable bonds is 3. The zero-order chi connectivity index (χ0) is 14.8. The van der Waals surface area contributed by atoms with Gasteiger partial charge in [0.25, 0.3) is 0 Å². The molecule has 3 rings (SSSR count). The van der Waals surface area contributed by atoms with Crippen LogP contribution in [0.4, 0.5) is 5.82 Å². The fourth-order valence-corrected chi connectivity index (χ4v) is 3.34. The molecule has 1 saturated heterocycles. The highest BCUT2D eigenvalue weighted by Gasteiger charge is 2.26. The maximum absolute atomic E-state index is 11.6. The Bertz CT molecular complexity index is 545. The highest BCUT2D eigenvalue weighted by atomic mass is 16.5. The van der Waals surface area contributed by atoms with Crippen LogP contribution in [0.2, 0.25) is 0 Å². The molecule has 1 aromatic rings. The summed E-state index contributed by atoms with van der Waals surface area (Å²) < 4.78 is 5.44. The molecule has 1 unspecified atom stereocenters. The Morgan fingerprint density at radius 2 is 2.19 bits per heavy atom. The fourth-order valence-electron chi connectivity index (χ4n) is 3.34. The summed E-state index contributed by atoms with van der Waals surface area (Å²) in [5, 5.41) is 9.52. The van der Waals surface area contributed by atoms with E-state index in [1.165, 1.54) is 0 Å². The molecule has 1 aliphatic carbocycles. The van der Waals surface area contributed by atoms with Crippen LogP contribution in [-0.4, -0.2) is 42.4 Å². The Labute approximate surface area is 124 Å². The SMILES string of the molecule is COC1CCCN(c2nc3c(cc2C(=O)O)CCCC3)C1. The number of nitrogens with zero attached hydrogens (tertiary/aromatic N) is 2. The Morgan fingerprint density at radius 3 is 2.95 bits per heavy atom. The number of anilines is 1. The van der Waals surface area contributed by atoms with Crippen LogP contribution in [0.1, 0.15) is 47.3 Å². The van der Waals surface area contributed by atoms with Gasteiger partial charge in [0.2, 0.25) is 0 Å². The van der Waals surface area contributed by atoms with E-state index in [-0.39, 0.29) is 6.10 Å². The van der Waals surface area contributed by atoms with Gasteiger partial charge >= 0.3 is 5.97 Å². The van der Waals surface area contributed by atoms with E-state index in [1.807, 2.05) is 6.07 Å². The lowest BCUT2D eigenvalue weighted by Crippen LogP contribution is -2.40. The van der Waals surface area contributed by atoms with Crippen LogP contribution in [0.15, 0.2) is 6.07 Å². The third-order valence-electron chi connectivity index (χ3n) is 4.52. The summed E-state index contributed by atoms with van der Waals surface area (Å²) in [6, 6.07) is 1.84. The maximum Gasteiger partial charge on any atom is 0.339 e. The first kappa shape index (κ1) is 14.3. The lowest BCUT2D eigenvalue weighted by atomic mass is 9.94. The molecule has 1 fully saturated rings. The molecule has 21 heavy (non-hydrogen) atoms. The smallest absolute Gasteiger partial charge is 0.339 e. The molecule has 0 saturated carbocycles. The molecule has 0 bridgehead atoms. The predicted octanol–water partition coefficient (Wildman–Crippen LogP) is 2.27. The third-order valence-corrected chi connectivity index (χ3v) is 4.52. The first-order valence-corrected chi connectivity index (χ1v) is 7.73. The van der Waals surface area contributed by atoms with Crippen molar-refractivity contribution in [3.05, 3.63) is 22.9 Å². The monoisotopic (exact) mass is 290 g/mol. The first-order chi connectivity index (χ1) is 10.2. The highest BCUT2D eigenvalue weighted by molar-refractivity contribution is 5.93. The molecule has 1 atom stereocenters. The second-order valence-corrected chi connectivity index (χ2v) is 5.92. The molecule has 1 aliphatic heterocycles. The quantitative estimate of drug-likeness (QED) is 0.925. The standard InChI is InChI=1S/C16H22N2O3/c1-21-12-6-4-8-18(10-12)15-13(16(19)20)9-11-5-2-3-7-14(11)17-15/h9,12H,2-8,10H2,1H3,(H,19,20). The predicted molar refractivity (Wildman–Crippen MR) is 80.1 cm³/mol. The second kappa shape index (κ2) is 6.02. The Morgan fingerprint density at radius 1 is 1.38 bits per heavy atom. The van der Waals surface area contributed by atoms with Crippen molar-refractivity contribution in [1.82, 2.24) is 4.98 Å². The van der Waals surface area contributed by atoms with Crippen molar-refractivity contribution in [2.24, 2.45) is 0 Å². The maximum atomic E-state index is 11.6. The first-order valence-electron chi connectivity index (χ1n) is 7.73. The van der Waals surface area contributed by atoms with Crippen molar-refractivity contribution in [3.63, 3.8) is 0 Å². The summed E-state index contributed by atoms with van der Waals surface area (Å²) in [6.45, 7) is 1.58. The minimum atomic E-state index is -0.884. The normalized spacial score (nSPS) is 22.0. The average molecular weight is 290 g/mol. The van der Waals surface area contributed by atoms with Crippen molar-refractivity contribution < 1.29 is 14.6 Å². The summed E-state index contributed by atoms with van der Waals surface area (Å²) in [5.41, 5.74) is 2.54. The van der Waals surface area contributed by atoms with Gasteiger partial charge in [-0.25, -0.2) is 9.78 Å². The number of aryl methyl sites for hydroxylation is 2. The minimum Gasteiger partial charge on any atom is -0.478 e. The van der Waals surface area contributed by atoms with Gasteiger partial charge in [-0.2, -0.15) is 0 Å². The van der Waals surface area contributed by atoms with E-state index in [0.717, 1.165) is 62.9 Å². The number of ether oxygens (including phenoxy) is 1. The van der Waals surface area contributed by atoms with Crippen LogP contribution < -0.4 is 4.90 Å². The number of methoxy groups -OCH3 is 1. The Hall–Kier alpha value is -1.62. The van der Waals surface area contributed by atoms with Crippen LogP contribution >= 0.6 is 0 Å². The average Bonchev–Trinajstić information content (AvgIpc) is 2.53. The van der Waals surface area contributed by atoms with E-state index < -0.39 is 5.97 Å². The highest BCUT2D eigenvalue weighted by Crippen LogP contribution is 2.29. The number of pyridine rings is 1. The van der Waals surface area contributed by atoms with Crippen LogP contribution in [-0.2, 0) is 17.6 Å². The van der Waals surface area contributed by atoms with E-state index in [4.69, 9.17) is 9.72 Å². The van der Waals surface area contributed by atoms with E-state index in [9.17, 15) is 9.90 Å². The van der Waals surface area contributed by atoms with Gasteiger partial charge in [0, 0.05) is 25.9 Å². The fraction of sp³-hybridized carbons (Fsp3) is 0.625. The zero-order valence-corrected chi connectivity index (χ0v) is 12.5. The number of hydrogen-bond acceptors (Lipinski definition) is 4. The molecule has 0 radical (unpaired) electrons. The Balaban J connectivity index is 1.97. The minimum absolute atomic E-state index is 0.165. The van der Waals surface area contributed by atoms with Gasteiger partial charge < -0.3 is 14.7 Å². The molecule has 0 amide bonds. The topological polar surface area (TPSA) is 62.7 Å². The van der Waals surface area contributed by atoms with E-state index in [2.05, 4.69) is 4.90 Å². The molecule has 5 heteroatoms. The van der Waals surface area contributed by atoms with Crippen LogP contribution in [0.3, 0.4) is 0 Å². The van der Waals surface area contributed by atoms with Crippen molar-refractivity contribution in [2.45, 2.75) is 44.6 Å². The molecule has 0 spiro atoms. The largest absolute Gasteiger partial charge is 0.478 e. The number of aromatic carboxylic acids is 1. The molecule has 114 valence electrons. The molecule has 2 aliphatic rings. The third kappa shape index (κ3) is 2.88. The summed E-state index contributed by atoms with van der Waals surface area (Å²) in [7, 11) is 1.71. The number of carboxylic acid groups (broad SMARTS) is 1. The lowest BCUT2D eigenvalue weighted by Gasteiger charge is -2.34. The molecular weight excluding hydrogens is 268 g/mol. The van der Waals surface area contributed by atoms with E-state index in [1.54, 1.807) is 7.11 Å². The van der Waals surface area contributed by atoms with Crippen LogP contribution in [0.5, 0.6) is 0 Å². The van der Waals surface area contributed by atoms with Gasteiger partial charge in [-0.3, -0.25) is 0 Å². The number of hydrogen-bond donors (Lipinski definition) is 1. The lowest BCUT2D eigenvalue weighted by molar-refractivity contribution is 0.0694. The van der Waals surface area contributed by atoms with Crippen molar-refractivity contribution in [2.75, 3.05) is 25.1 Å². The molecule has 1 N–H and O–H groups in total. The van der Waals surface area contributed by atoms with Crippen LogP contribution in [0.25, 0.3) is 0 Å². The molecular formula is C16H22N2O3. The van der Waals surface area contributed by atoms with Gasteiger partial charge in [0.1, 0.15) is 11.4 Å².